The van der Waals surface area contributed by atoms with E-state index in [0.717, 1.165) is 38.8 Å². The van der Waals surface area contributed by atoms with Crippen molar-refractivity contribution in [3.63, 3.8) is 0 Å². The third-order valence-corrected chi connectivity index (χ3v) is 7.41. The number of fused-ring (bicyclic) bond motifs is 3. The Labute approximate surface area is 213 Å². The van der Waals surface area contributed by atoms with E-state index in [2.05, 4.69) is 16.4 Å². The number of carbonyl (C=O) groups is 2. The zero-order valence-electron chi connectivity index (χ0n) is 20.1. The van der Waals surface area contributed by atoms with Gasteiger partial charge in [0.2, 0.25) is 5.91 Å². The summed E-state index contributed by atoms with van der Waals surface area (Å²) in [4.78, 5) is 36.6. The van der Waals surface area contributed by atoms with Crippen LogP contribution in [0.1, 0.15) is 29.8 Å². The van der Waals surface area contributed by atoms with Crippen molar-refractivity contribution < 1.29 is 14.3 Å². The van der Waals surface area contributed by atoms with E-state index in [1.54, 1.807) is 17.2 Å². The number of benzene rings is 2. The highest BCUT2D eigenvalue weighted by Gasteiger charge is 2.58. The molecule has 1 saturated carbocycles. The van der Waals surface area contributed by atoms with E-state index in [0.29, 0.717) is 18.5 Å². The van der Waals surface area contributed by atoms with Crippen molar-refractivity contribution >= 4 is 28.5 Å². The summed E-state index contributed by atoms with van der Waals surface area (Å²) in [7, 11) is 1.33. The number of methoxy groups -OCH3 is 1. The number of hydrogen-bond acceptors (Lipinski definition) is 6. The number of alkyl carbamates (subject to hydrolysis) is 1. The Kier molecular flexibility index (Phi) is 5.34. The molecule has 6 rings (SSSR count). The number of nitrogens with one attached hydrogen (secondary N) is 1. The van der Waals surface area contributed by atoms with Gasteiger partial charge in [0.1, 0.15) is 11.8 Å². The molecule has 1 fully saturated rings. The van der Waals surface area contributed by atoms with Crippen molar-refractivity contribution in [1.82, 2.24) is 15.3 Å². The summed E-state index contributed by atoms with van der Waals surface area (Å²) in [5.74, 6) is 0.00970. The summed E-state index contributed by atoms with van der Waals surface area (Å²) in [6, 6.07) is 21.3. The summed E-state index contributed by atoms with van der Waals surface area (Å²) < 4.78 is 4.73. The minimum Gasteiger partial charge on any atom is -0.453 e. The fourth-order valence-electron chi connectivity index (χ4n) is 5.66. The molecule has 37 heavy (non-hydrogen) atoms. The second-order valence-corrected chi connectivity index (χ2v) is 9.44. The van der Waals surface area contributed by atoms with E-state index in [9.17, 15) is 14.9 Å². The van der Waals surface area contributed by atoms with Gasteiger partial charge < -0.3 is 15.0 Å². The highest BCUT2D eigenvalue weighted by Crippen LogP contribution is 2.54. The third kappa shape index (κ3) is 3.59. The molecule has 2 amide bonds. The number of pyridine rings is 2. The van der Waals surface area contributed by atoms with Gasteiger partial charge in [-0.1, -0.05) is 42.5 Å². The Balaban J connectivity index is 1.40. The number of ether oxygens (including phenoxy) is 1. The summed E-state index contributed by atoms with van der Waals surface area (Å²) >= 11 is 0. The fraction of sp³-hybridized carbons (Fsp3) is 0.207. The minimum atomic E-state index is -0.671. The summed E-state index contributed by atoms with van der Waals surface area (Å²) in [6.07, 6.45) is 4.06. The monoisotopic (exact) mass is 489 g/mol. The number of amides is 2. The molecule has 1 aliphatic heterocycles. The first-order valence-electron chi connectivity index (χ1n) is 12.0. The summed E-state index contributed by atoms with van der Waals surface area (Å²) in [6.45, 7) is 0.285. The van der Waals surface area contributed by atoms with Gasteiger partial charge in [-0.05, 0) is 42.0 Å². The fourth-order valence-corrected chi connectivity index (χ4v) is 5.66. The van der Waals surface area contributed by atoms with Crippen LogP contribution in [0.5, 0.6) is 0 Å². The van der Waals surface area contributed by atoms with Crippen LogP contribution in [0.15, 0.2) is 73.1 Å². The maximum Gasteiger partial charge on any atom is 0.407 e. The quantitative estimate of drug-likeness (QED) is 0.453. The molecule has 2 aromatic heterocycles. The average molecular weight is 490 g/mol. The predicted molar refractivity (Wildman–Crippen MR) is 138 cm³/mol. The van der Waals surface area contributed by atoms with Gasteiger partial charge in [-0.2, -0.15) is 5.26 Å². The molecule has 0 unspecified atom stereocenters. The van der Waals surface area contributed by atoms with E-state index in [1.165, 1.54) is 7.11 Å². The lowest BCUT2D eigenvalue weighted by molar-refractivity contribution is -0.127. The lowest BCUT2D eigenvalue weighted by Crippen LogP contribution is -2.57. The molecule has 0 bridgehead atoms. The molecule has 8 nitrogen and oxygen atoms in total. The van der Waals surface area contributed by atoms with Crippen LogP contribution in [-0.2, 0) is 21.5 Å². The Bertz CT molecular complexity index is 1590. The molecular weight excluding hydrogens is 466 g/mol. The van der Waals surface area contributed by atoms with Crippen LogP contribution in [0, 0.1) is 11.3 Å². The Morgan fingerprint density at radius 2 is 1.89 bits per heavy atom. The van der Waals surface area contributed by atoms with Crippen molar-refractivity contribution in [1.29, 1.82) is 5.26 Å². The normalized spacial score (nSPS) is 19.8. The van der Waals surface area contributed by atoms with Crippen LogP contribution in [0.2, 0.25) is 0 Å². The number of nitriles is 1. The van der Waals surface area contributed by atoms with Crippen LogP contribution < -0.4 is 10.2 Å². The second-order valence-electron chi connectivity index (χ2n) is 9.44. The number of aromatic nitrogens is 2. The highest BCUT2D eigenvalue weighted by molar-refractivity contribution is 6.09. The SMILES string of the molecule is COC(=O)NC1CC2(C1)C(=O)N(Cc1ncc3ccccc3c1-c1ccc(C#N)nc1)c1ccccc12. The Morgan fingerprint density at radius 1 is 1.11 bits per heavy atom. The van der Waals surface area contributed by atoms with E-state index >= 15 is 0 Å². The number of carbonyl (C=O) groups excluding carboxylic acids is 2. The number of anilines is 1. The molecule has 1 aliphatic carbocycles. The Morgan fingerprint density at radius 3 is 2.65 bits per heavy atom. The molecule has 0 atom stereocenters. The van der Waals surface area contributed by atoms with Crippen molar-refractivity contribution in [3.8, 4) is 17.2 Å². The molecular formula is C29H23N5O3. The van der Waals surface area contributed by atoms with Gasteiger partial charge in [-0.25, -0.2) is 9.78 Å². The second kappa shape index (κ2) is 8.71. The van der Waals surface area contributed by atoms with Gasteiger partial charge in [0.25, 0.3) is 0 Å². The first kappa shape index (κ1) is 22.7. The molecule has 2 aliphatic rings. The maximum atomic E-state index is 14.0. The molecule has 0 radical (unpaired) electrons. The molecule has 0 saturated heterocycles. The topological polar surface area (TPSA) is 108 Å². The molecule has 182 valence electrons. The van der Waals surface area contributed by atoms with Gasteiger partial charge in [-0.3, -0.25) is 9.78 Å². The third-order valence-electron chi connectivity index (χ3n) is 7.41. The highest BCUT2D eigenvalue weighted by atomic mass is 16.5. The van der Waals surface area contributed by atoms with Crippen LogP contribution in [-0.4, -0.2) is 35.1 Å². The van der Waals surface area contributed by atoms with Gasteiger partial charge in [0.15, 0.2) is 0 Å². The largest absolute Gasteiger partial charge is 0.453 e. The van der Waals surface area contributed by atoms with Crippen LogP contribution >= 0.6 is 0 Å². The summed E-state index contributed by atoms with van der Waals surface area (Å²) in [5, 5.41) is 14.0. The zero-order valence-corrected chi connectivity index (χ0v) is 20.1. The zero-order chi connectivity index (χ0) is 25.6. The first-order chi connectivity index (χ1) is 18.0. The standard InChI is InChI=1S/C29H23N5O3/c1-37-28(36)33-21-12-29(13-21)23-8-4-5-9-25(23)34(27(29)35)17-24-26(19-10-11-20(14-30)31-16-19)22-7-3-2-6-18(22)15-32-24/h2-11,15-16,21H,12-13,17H2,1H3,(H,33,36). The molecule has 1 N–H and O–H groups in total. The minimum absolute atomic E-state index is 0.00970. The van der Waals surface area contributed by atoms with E-state index in [1.807, 2.05) is 60.8 Å². The van der Waals surface area contributed by atoms with Gasteiger partial charge in [0.05, 0.1) is 24.8 Å². The van der Waals surface area contributed by atoms with Crippen LogP contribution in [0.4, 0.5) is 10.5 Å². The van der Waals surface area contributed by atoms with Crippen molar-refractivity contribution in [2.24, 2.45) is 0 Å². The van der Waals surface area contributed by atoms with E-state index < -0.39 is 11.5 Å². The van der Waals surface area contributed by atoms with Gasteiger partial charge in [0, 0.05) is 40.6 Å². The lowest BCUT2D eigenvalue weighted by Gasteiger charge is -2.43. The maximum absolute atomic E-state index is 14.0. The van der Waals surface area contributed by atoms with Crippen molar-refractivity contribution in [2.75, 3.05) is 12.0 Å². The first-order valence-corrected chi connectivity index (χ1v) is 12.0. The molecule has 2 aromatic carbocycles. The van der Waals surface area contributed by atoms with Crippen molar-refractivity contribution in [2.45, 2.75) is 30.8 Å². The van der Waals surface area contributed by atoms with Crippen LogP contribution in [0.3, 0.4) is 0 Å². The summed E-state index contributed by atoms with van der Waals surface area (Å²) in [5.41, 5.74) is 3.97. The van der Waals surface area contributed by atoms with Crippen LogP contribution in [0.25, 0.3) is 21.9 Å². The predicted octanol–water partition coefficient (Wildman–Crippen LogP) is 4.47. The molecule has 8 heteroatoms. The Hall–Kier alpha value is -4.77. The molecule has 1 spiro atoms. The lowest BCUT2D eigenvalue weighted by atomic mass is 9.62. The number of rotatable bonds is 4. The van der Waals surface area contributed by atoms with Gasteiger partial charge in [-0.15, -0.1) is 0 Å². The average Bonchev–Trinajstić information content (AvgIpc) is 3.16. The molecule has 4 aromatic rings. The number of para-hydroxylation sites is 1. The van der Waals surface area contributed by atoms with Gasteiger partial charge >= 0.3 is 6.09 Å². The molecule has 3 heterocycles. The smallest absolute Gasteiger partial charge is 0.407 e. The van der Waals surface area contributed by atoms with E-state index in [4.69, 9.17) is 9.72 Å². The van der Waals surface area contributed by atoms with Crippen molar-refractivity contribution in [3.05, 3.63) is 90.0 Å². The number of nitrogens with zero attached hydrogens (tertiary/aromatic N) is 4. The van der Waals surface area contributed by atoms with E-state index in [-0.39, 0.29) is 18.5 Å². The number of hydrogen-bond donors (Lipinski definition) is 1.